The molecule has 0 aliphatic carbocycles. The molecular weight excluding hydrogens is 468 g/mol. The Labute approximate surface area is 147 Å². The van der Waals surface area contributed by atoms with Crippen molar-refractivity contribution >= 4 is 59.2 Å². The molecule has 21 heavy (non-hydrogen) atoms. The zero-order valence-corrected chi connectivity index (χ0v) is 15.7. The molecule has 7 heteroatoms. The van der Waals surface area contributed by atoms with E-state index in [4.69, 9.17) is 0 Å². The molecule has 0 atom stereocenters. The first kappa shape index (κ1) is 16.5. The number of nitro groups is 1. The van der Waals surface area contributed by atoms with Crippen molar-refractivity contribution in [3.8, 4) is 0 Å². The molecule has 110 valence electrons. The number of aryl methyl sites for hydroxylation is 1. The third kappa shape index (κ3) is 4.28. The molecular formula is C14H11Br3N2O2. The van der Waals surface area contributed by atoms with Gasteiger partial charge in [0.15, 0.2) is 0 Å². The minimum atomic E-state index is -0.397. The normalized spacial score (nSPS) is 10.5. The van der Waals surface area contributed by atoms with E-state index in [1.54, 1.807) is 6.07 Å². The third-order valence-corrected chi connectivity index (χ3v) is 4.52. The lowest BCUT2D eigenvalue weighted by Gasteiger charge is -2.12. The molecule has 0 radical (unpaired) electrons. The van der Waals surface area contributed by atoms with Crippen molar-refractivity contribution in [1.82, 2.24) is 0 Å². The summed E-state index contributed by atoms with van der Waals surface area (Å²) in [5.41, 5.74) is 2.96. The number of benzene rings is 2. The lowest BCUT2D eigenvalue weighted by atomic mass is 10.2. The van der Waals surface area contributed by atoms with Crippen LogP contribution in [0.25, 0.3) is 0 Å². The summed E-state index contributed by atoms with van der Waals surface area (Å²) in [6.45, 7) is 2.50. The number of anilines is 1. The summed E-state index contributed by atoms with van der Waals surface area (Å²) in [5, 5.41) is 14.2. The molecule has 0 aliphatic heterocycles. The van der Waals surface area contributed by atoms with Crippen LogP contribution in [-0.4, -0.2) is 4.92 Å². The fraction of sp³-hybridized carbons (Fsp3) is 0.143. The second kappa shape index (κ2) is 6.89. The zero-order valence-electron chi connectivity index (χ0n) is 11.0. The van der Waals surface area contributed by atoms with Crippen molar-refractivity contribution in [2.45, 2.75) is 13.5 Å². The van der Waals surface area contributed by atoms with E-state index in [1.807, 2.05) is 25.1 Å². The SMILES string of the molecule is Cc1cc(Br)c(NCc2cc(Br)cc([N+](=O)[O-])c2)c(Br)c1. The molecule has 0 aromatic heterocycles. The summed E-state index contributed by atoms with van der Waals surface area (Å²) in [6.07, 6.45) is 0. The van der Waals surface area contributed by atoms with Gasteiger partial charge in [0.25, 0.3) is 5.69 Å². The molecule has 2 aromatic carbocycles. The van der Waals surface area contributed by atoms with E-state index in [0.29, 0.717) is 11.0 Å². The van der Waals surface area contributed by atoms with Gasteiger partial charge in [0.2, 0.25) is 0 Å². The van der Waals surface area contributed by atoms with Crippen molar-refractivity contribution in [3.63, 3.8) is 0 Å². The van der Waals surface area contributed by atoms with Gasteiger partial charge in [-0.2, -0.15) is 0 Å². The number of rotatable bonds is 4. The summed E-state index contributed by atoms with van der Waals surface area (Å²) in [5.74, 6) is 0. The summed E-state index contributed by atoms with van der Waals surface area (Å²) in [7, 11) is 0. The number of hydrogen-bond donors (Lipinski definition) is 1. The number of nitrogens with one attached hydrogen (secondary N) is 1. The highest BCUT2D eigenvalue weighted by Gasteiger charge is 2.10. The Balaban J connectivity index is 2.23. The molecule has 0 saturated heterocycles. The van der Waals surface area contributed by atoms with Gasteiger partial charge in [-0.3, -0.25) is 10.1 Å². The number of nitrogens with zero attached hydrogens (tertiary/aromatic N) is 1. The van der Waals surface area contributed by atoms with Gasteiger partial charge in [-0.15, -0.1) is 0 Å². The molecule has 0 fully saturated rings. The van der Waals surface area contributed by atoms with Crippen molar-refractivity contribution in [2.24, 2.45) is 0 Å². The Kier molecular flexibility index (Phi) is 5.40. The van der Waals surface area contributed by atoms with Crippen LogP contribution < -0.4 is 5.32 Å². The molecule has 2 rings (SSSR count). The predicted molar refractivity (Wildman–Crippen MR) is 94.7 cm³/mol. The predicted octanol–water partition coefficient (Wildman–Crippen LogP) is 5.80. The molecule has 0 bridgehead atoms. The van der Waals surface area contributed by atoms with Crippen LogP contribution in [0, 0.1) is 17.0 Å². The van der Waals surface area contributed by atoms with E-state index in [-0.39, 0.29) is 5.69 Å². The van der Waals surface area contributed by atoms with E-state index in [1.165, 1.54) is 6.07 Å². The van der Waals surface area contributed by atoms with E-state index >= 15 is 0 Å². The zero-order chi connectivity index (χ0) is 15.6. The van der Waals surface area contributed by atoms with Crippen LogP contribution in [0.3, 0.4) is 0 Å². The minimum Gasteiger partial charge on any atom is -0.379 e. The van der Waals surface area contributed by atoms with Crippen LogP contribution in [0.15, 0.2) is 43.7 Å². The molecule has 2 aromatic rings. The first-order valence-electron chi connectivity index (χ1n) is 6.00. The minimum absolute atomic E-state index is 0.0724. The van der Waals surface area contributed by atoms with Gasteiger partial charge in [0.05, 0.1) is 10.6 Å². The fourth-order valence-corrected chi connectivity index (χ4v) is 4.12. The maximum absolute atomic E-state index is 10.9. The van der Waals surface area contributed by atoms with Crippen LogP contribution in [0.4, 0.5) is 11.4 Å². The molecule has 0 amide bonds. The number of hydrogen-bond acceptors (Lipinski definition) is 3. The Bertz CT molecular complexity index is 682. The fourth-order valence-electron chi connectivity index (χ4n) is 1.90. The van der Waals surface area contributed by atoms with Crippen molar-refractivity contribution in [2.75, 3.05) is 5.32 Å². The molecule has 0 spiro atoms. The smallest absolute Gasteiger partial charge is 0.270 e. The highest BCUT2D eigenvalue weighted by atomic mass is 79.9. The first-order valence-corrected chi connectivity index (χ1v) is 8.38. The van der Waals surface area contributed by atoms with E-state index < -0.39 is 4.92 Å². The van der Waals surface area contributed by atoms with Crippen LogP contribution in [0.2, 0.25) is 0 Å². The Morgan fingerprint density at radius 1 is 1.10 bits per heavy atom. The molecule has 0 heterocycles. The molecule has 0 aliphatic rings. The van der Waals surface area contributed by atoms with Crippen LogP contribution in [0.1, 0.15) is 11.1 Å². The van der Waals surface area contributed by atoms with Gasteiger partial charge in [0, 0.05) is 32.1 Å². The molecule has 1 N–H and O–H groups in total. The quantitative estimate of drug-likeness (QED) is 0.446. The van der Waals surface area contributed by atoms with Gasteiger partial charge in [-0.1, -0.05) is 15.9 Å². The molecule has 4 nitrogen and oxygen atoms in total. The monoisotopic (exact) mass is 476 g/mol. The second-order valence-electron chi connectivity index (χ2n) is 4.53. The molecule has 0 saturated carbocycles. The number of nitro benzene ring substituents is 1. The van der Waals surface area contributed by atoms with Crippen LogP contribution in [-0.2, 0) is 6.54 Å². The topological polar surface area (TPSA) is 55.2 Å². The van der Waals surface area contributed by atoms with Crippen molar-refractivity contribution < 1.29 is 4.92 Å². The van der Waals surface area contributed by atoms with Crippen LogP contribution in [0.5, 0.6) is 0 Å². The highest BCUT2D eigenvalue weighted by molar-refractivity contribution is 9.11. The number of halogens is 3. The Morgan fingerprint density at radius 2 is 1.71 bits per heavy atom. The first-order chi connectivity index (χ1) is 9.86. The summed E-state index contributed by atoms with van der Waals surface area (Å²) >= 11 is 10.3. The average molecular weight is 479 g/mol. The summed E-state index contributed by atoms with van der Waals surface area (Å²) in [6, 6.07) is 8.93. The van der Waals surface area contributed by atoms with Crippen molar-refractivity contribution in [1.29, 1.82) is 0 Å². The Morgan fingerprint density at radius 3 is 2.29 bits per heavy atom. The lowest BCUT2D eigenvalue weighted by molar-refractivity contribution is -0.385. The Hall–Kier alpha value is -0.920. The average Bonchev–Trinajstić information content (AvgIpc) is 2.36. The van der Waals surface area contributed by atoms with Crippen LogP contribution >= 0.6 is 47.8 Å². The van der Waals surface area contributed by atoms with Gasteiger partial charge in [-0.05, 0) is 68.1 Å². The van der Waals surface area contributed by atoms with Gasteiger partial charge < -0.3 is 5.32 Å². The van der Waals surface area contributed by atoms with Gasteiger partial charge in [0.1, 0.15) is 0 Å². The van der Waals surface area contributed by atoms with E-state index in [2.05, 4.69) is 53.1 Å². The van der Waals surface area contributed by atoms with E-state index in [0.717, 1.165) is 25.8 Å². The summed E-state index contributed by atoms with van der Waals surface area (Å²) in [4.78, 5) is 10.5. The lowest BCUT2D eigenvalue weighted by Crippen LogP contribution is -2.02. The second-order valence-corrected chi connectivity index (χ2v) is 7.16. The maximum atomic E-state index is 10.9. The maximum Gasteiger partial charge on any atom is 0.270 e. The largest absolute Gasteiger partial charge is 0.379 e. The highest BCUT2D eigenvalue weighted by Crippen LogP contribution is 2.33. The standard InChI is InChI=1S/C14H11Br3N2O2/c1-8-2-12(16)14(13(17)3-8)18-7-9-4-10(15)6-11(5-9)19(20)21/h2-6,18H,7H2,1H3. The molecule has 0 unspecified atom stereocenters. The van der Waals surface area contributed by atoms with Crippen molar-refractivity contribution in [3.05, 3.63) is 65.0 Å². The number of non-ortho nitro benzene ring substituents is 1. The third-order valence-electron chi connectivity index (χ3n) is 2.81. The van der Waals surface area contributed by atoms with Gasteiger partial charge in [-0.25, -0.2) is 0 Å². The van der Waals surface area contributed by atoms with Gasteiger partial charge >= 0.3 is 0 Å². The summed E-state index contributed by atoms with van der Waals surface area (Å²) < 4.78 is 2.58. The van der Waals surface area contributed by atoms with E-state index in [9.17, 15) is 10.1 Å².